The van der Waals surface area contributed by atoms with Gasteiger partial charge in [-0.2, -0.15) is 4.98 Å². The van der Waals surface area contributed by atoms with Gasteiger partial charge < -0.3 is 14.6 Å². The molecule has 1 N–H and O–H groups in total. The molecule has 0 aliphatic carbocycles. The molecular formula is C13H18N4O2. The first-order chi connectivity index (χ1) is 8.96. The first-order valence-electron chi connectivity index (χ1n) is 6.06. The van der Waals surface area contributed by atoms with Crippen molar-refractivity contribution in [1.29, 1.82) is 0 Å². The Morgan fingerprint density at radius 3 is 2.68 bits per heavy atom. The van der Waals surface area contributed by atoms with Gasteiger partial charge in [0.1, 0.15) is 0 Å². The highest BCUT2D eigenvalue weighted by Crippen LogP contribution is 2.14. The Balaban J connectivity index is 2.02. The number of rotatable bonds is 4. The summed E-state index contributed by atoms with van der Waals surface area (Å²) in [5.41, 5.74) is 0.898. The van der Waals surface area contributed by atoms with Gasteiger partial charge in [-0.3, -0.25) is 0 Å². The fraction of sp³-hybridized carbons (Fsp3) is 0.462. The van der Waals surface area contributed by atoms with Crippen molar-refractivity contribution < 1.29 is 9.26 Å². The molecule has 0 unspecified atom stereocenters. The average molecular weight is 262 g/mol. The van der Waals surface area contributed by atoms with Crippen molar-refractivity contribution in [2.45, 2.75) is 32.7 Å². The van der Waals surface area contributed by atoms with Gasteiger partial charge in [0.25, 0.3) is 0 Å². The third-order valence-electron chi connectivity index (χ3n) is 2.32. The molecule has 0 aliphatic rings. The molecule has 2 aromatic rings. The van der Waals surface area contributed by atoms with Crippen LogP contribution in [0.3, 0.4) is 0 Å². The largest absolute Gasteiger partial charge is 0.481 e. The third kappa shape index (κ3) is 3.94. The van der Waals surface area contributed by atoms with Gasteiger partial charge >= 0.3 is 6.01 Å². The summed E-state index contributed by atoms with van der Waals surface area (Å²) in [6, 6.07) is 4.17. The lowest BCUT2D eigenvalue weighted by atomic mass is 10.1. The van der Waals surface area contributed by atoms with Crippen molar-refractivity contribution in [3.8, 4) is 5.88 Å². The van der Waals surface area contributed by atoms with E-state index >= 15 is 0 Å². The summed E-state index contributed by atoms with van der Waals surface area (Å²) < 4.78 is 10.1. The second kappa shape index (κ2) is 5.26. The highest BCUT2D eigenvalue weighted by atomic mass is 16.5. The predicted octanol–water partition coefficient (Wildman–Crippen LogP) is 2.27. The van der Waals surface area contributed by atoms with E-state index in [9.17, 15) is 0 Å². The lowest BCUT2D eigenvalue weighted by molar-refractivity contribution is 0.397. The van der Waals surface area contributed by atoms with Gasteiger partial charge in [0.15, 0.2) is 5.82 Å². The zero-order valence-corrected chi connectivity index (χ0v) is 11.6. The minimum atomic E-state index is -0.106. The summed E-state index contributed by atoms with van der Waals surface area (Å²) in [5.74, 6) is 1.21. The van der Waals surface area contributed by atoms with E-state index in [4.69, 9.17) is 9.26 Å². The first-order valence-corrected chi connectivity index (χ1v) is 6.06. The molecule has 19 heavy (non-hydrogen) atoms. The van der Waals surface area contributed by atoms with Crippen LogP contribution in [0, 0.1) is 0 Å². The van der Waals surface area contributed by atoms with Crippen LogP contribution in [-0.2, 0) is 6.42 Å². The highest BCUT2D eigenvalue weighted by molar-refractivity contribution is 5.25. The zero-order chi connectivity index (χ0) is 13.9. The van der Waals surface area contributed by atoms with Gasteiger partial charge in [0.05, 0.1) is 7.11 Å². The number of aromatic nitrogens is 3. The van der Waals surface area contributed by atoms with Gasteiger partial charge in [0, 0.05) is 24.2 Å². The monoisotopic (exact) mass is 262 g/mol. The molecule has 0 bridgehead atoms. The number of ether oxygens (including phenoxy) is 1. The smallest absolute Gasteiger partial charge is 0.321 e. The van der Waals surface area contributed by atoms with Crippen LogP contribution in [0.4, 0.5) is 6.01 Å². The molecule has 2 heterocycles. The van der Waals surface area contributed by atoms with Crippen molar-refractivity contribution in [3.63, 3.8) is 0 Å². The summed E-state index contributed by atoms with van der Waals surface area (Å²) >= 11 is 0. The van der Waals surface area contributed by atoms with Gasteiger partial charge in [-0.1, -0.05) is 11.2 Å². The molecular weight excluding hydrogens is 244 g/mol. The number of anilines is 1. The maximum Gasteiger partial charge on any atom is 0.321 e. The van der Waals surface area contributed by atoms with Crippen LogP contribution in [0.5, 0.6) is 5.88 Å². The molecule has 102 valence electrons. The maximum atomic E-state index is 5.14. The van der Waals surface area contributed by atoms with Gasteiger partial charge in [-0.05, 0) is 26.3 Å². The normalized spacial score (nSPS) is 11.4. The van der Waals surface area contributed by atoms with E-state index in [1.165, 1.54) is 0 Å². The van der Waals surface area contributed by atoms with Crippen molar-refractivity contribution in [2.75, 3.05) is 12.4 Å². The van der Waals surface area contributed by atoms with Gasteiger partial charge in [-0.15, -0.1) is 0 Å². The van der Waals surface area contributed by atoms with E-state index in [2.05, 4.69) is 20.4 Å². The standard InChI is InChI=1S/C13H18N4O2/c1-13(2,3)16-12-15-10(17-19-12)7-9-5-6-11(18-4)14-8-9/h5-6,8H,7H2,1-4H3,(H,15,16,17). The van der Waals surface area contributed by atoms with Crippen LogP contribution in [-0.4, -0.2) is 27.8 Å². The van der Waals surface area contributed by atoms with Gasteiger partial charge in [0.2, 0.25) is 5.88 Å². The minimum Gasteiger partial charge on any atom is -0.481 e. The SMILES string of the molecule is COc1ccc(Cc2noc(NC(C)(C)C)n2)cn1. The number of methoxy groups -OCH3 is 1. The lowest BCUT2D eigenvalue weighted by Gasteiger charge is -2.17. The Labute approximate surface area is 112 Å². The fourth-order valence-corrected chi connectivity index (χ4v) is 1.52. The second-order valence-electron chi connectivity index (χ2n) is 5.28. The molecule has 0 saturated carbocycles. The molecule has 0 saturated heterocycles. The second-order valence-corrected chi connectivity index (χ2v) is 5.28. The van der Waals surface area contributed by atoms with Crippen molar-refractivity contribution in [1.82, 2.24) is 15.1 Å². The number of pyridine rings is 1. The van der Waals surface area contributed by atoms with Crippen molar-refractivity contribution >= 4 is 6.01 Å². The Hall–Kier alpha value is -2.11. The van der Waals surface area contributed by atoms with E-state index < -0.39 is 0 Å². The van der Waals surface area contributed by atoms with Crippen molar-refractivity contribution in [2.24, 2.45) is 0 Å². The van der Waals surface area contributed by atoms with E-state index in [0.717, 1.165) is 5.56 Å². The lowest BCUT2D eigenvalue weighted by Crippen LogP contribution is -2.26. The molecule has 6 heteroatoms. The molecule has 0 spiro atoms. The summed E-state index contributed by atoms with van der Waals surface area (Å²) in [6.07, 6.45) is 2.32. The molecule has 0 fully saturated rings. The summed E-state index contributed by atoms with van der Waals surface area (Å²) in [5, 5.41) is 7.06. The zero-order valence-electron chi connectivity index (χ0n) is 11.6. The molecule has 6 nitrogen and oxygen atoms in total. The quantitative estimate of drug-likeness (QED) is 0.911. The van der Waals surface area contributed by atoms with Crippen molar-refractivity contribution in [3.05, 3.63) is 29.7 Å². The molecule has 0 amide bonds. The summed E-state index contributed by atoms with van der Waals surface area (Å²) in [4.78, 5) is 8.42. The van der Waals surface area contributed by atoms with E-state index in [1.807, 2.05) is 32.9 Å². The Morgan fingerprint density at radius 2 is 2.11 bits per heavy atom. The molecule has 2 aromatic heterocycles. The topological polar surface area (TPSA) is 73.1 Å². The number of hydrogen-bond acceptors (Lipinski definition) is 6. The number of hydrogen-bond donors (Lipinski definition) is 1. The van der Waals surface area contributed by atoms with E-state index in [0.29, 0.717) is 24.1 Å². The van der Waals surface area contributed by atoms with Crippen LogP contribution >= 0.6 is 0 Å². The van der Waals surface area contributed by atoms with Crippen LogP contribution < -0.4 is 10.1 Å². The Morgan fingerprint density at radius 1 is 1.32 bits per heavy atom. The fourth-order valence-electron chi connectivity index (χ4n) is 1.52. The van der Waals surface area contributed by atoms with E-state index in [-0.39, 0.29) is 5.54 Å². The maximum absolute atomic E-state index is 5.14. The average Bonchev–Trinajstić information content (AvgIpc) is 2.75. The van der Waals surface area contributed by atoms with Gasteiger partial charge in [-0.25, -0.2) is 4.98 Å². The number of nitrogens with zero attached hydrogens (tertiary/aromatic N) is 3. The van der Waals surface area contributed by atoms with Crippen LogP contribution in [0.15, 0.2) is 22.9 Å². The summed E-state index contributed by atoms with van der Waals surface area (Å²) in [7, 11) is 1.59. The highest BCUT2D eigenvalue weighted by Gasteiger charge is 2.14. The molecule has 0 radical (unpaired) electrons. The Kier molecular flexibility index (Phi) is 3.69. The molecule has 0 atom stereocenters. The predicted molar refractivity (Wildman–Crippen MR) is 71.3 cm³/mol. The Bertz CT molecular complexity index is 528. The minimum absolute atomic E-state index is 0.106. The molecule has 0 aromatic carbocycles. The summed E-state index contributed by atoms with van der Waals surface area (Å²) in [6.45, 7) is 6.10. The first kappa shape index (κ1) is 13.3. The molecule has 2 rings (SSSR count). The van der Waals surface area contributed by atoms with E-state index in [1.54, 1.807) is 13.3 Å². The van der Waals surface area contributed by atoms with Crippen LogP contribution in [0.25, 0.3) is 0 Å². The van der Waals surface area contributed by atoms with Crippen LogP contribution in [0.1, 0.15) is 32.2 Å². The third-order valence-corrected chi connectivity index (χ3v) is 2.32. The van der Waals surface area contributed by atoms with Crippen LogP contribution in [0.2, 0.25) is 0 Å². The number of nitrogens with one attached hydrogen (secondary N) is 1. The molecule has 0 aliphatic heterocycles.